The minimum Gasteiger partial charge on any atom is -0.492 e. The summed E-state index contributed by atoms with van der Waals surface area (Å²) in [5.74, 6) is 1.48. The normalized spacial score (nSPS) is 18.2. The molecule has 39 heavy (non-hydrogen) atoms. The minimum absolute atomic E-state index is 0.108. The number of rotatable bonds is 10. The number of amides is 1. The highest BCUT2D eigenvalue weighted by Crippen LogP contribution is 2.37. The summed E-state index contributed by atoms with van der Waals surface area (Å²) in [5.41, 5.74) is 4.44. The van der Waals surface area contributed by atoms with Crippen molar-refractivity contribution in [3.8, 4) is 5.75 Å². The summed E-state index contributed by atoms with van der Waals surface area (Å²) in [6, 6.07) is 5.67. The molecule has 0 bridgehead atoms. The Balaban J connectivity index is 1.30. The molecule has 1 atom stereocenters. The van der Waals surface area contributed by atoms with Crippen LogP contribution in [-0.4, -0.2) is 57.8 Å². The molecule has 210 valence electrons. The molecule has 1 aliphatic carbocycles. The number of nitrogens with one attached hydrogen (secondary N) is 3. The van der Waals surface area contributed by atoms with E-state index in [1.807, 2.05) is 25.1 Å². The van der Waals surface area contributed by atoms with Gasteiger partial charge in [-0.15, -0.1) is 0 Å². The molecular formula is C31H43N5O3. The van der Waals surface area contributed by atoms with Gasteiger partial charge in [0.05, 0.1) is 17.1 Å². The van der Waals surface area contributed by atoms with Gasteiger partial charge in [0.2, 0.25) is 0 Å². The molecule has 2 aromatic heterocycles. The number of hydrogen-bond acceptors (Lipinski definition) is 5. The number of nitrogens with zero attached hydrogens (tertiary/aromatic N) is 2. The van der Waals surface area contributed by atoms with E-state index < -0.39 is 0 Å². The molecule has 8 nitrogen and oxygen atoms in total. The molecule has 3 aromatic rings. The minimum atomic E-state index is -0.264. The second-order valence-electron chi connectivity index (χ2n) is 12.1. The van der Waals surface area contributed by atoms with Crippen LogP contribution < -0.4 is 10.1 Å². The predicted octanol–water partition coefficient (Wildman–Crippen LogP) is 5.88. The molecule has 0 unspecified atom stereocenters. The summed E-state index contributed by atoms with van der Waals surface area (Å²) >= 11 is 0. The number of Topliss-reactive ketones (excluding diaryl/α,β-unsaturated/α-hetero) is 1. The average Bonchev–Trinajstić information content (AvgIpc) is 3.47. The van der Waals surface area contributed by atoms with Gasteiger partial charge in [-0.3, -0.25) is 14.5 Å². The molecule has 0 spiro atoms. The van der Waals surface area contributed by atoms with Gasteiger partial charge >= 0.3 is 0 Å². The summed E-state index contributed by atoms with van der Waals surface area (Å²) in [6.07, 6.45) is 7.89. The Labute approximate surface area is 231 Å². The number of aromatic amines is 2. The number of carbonyl (C=O) groups excluding carboxylic acids is 2. The molecule has 1 aliphatic heterocycles. The van der Waals surface area contributed by atoms with Crippen LogP contribution in [0.3, 0.4) is 0 Å². The van der Waals surface area contributed by atoms with Gasteiger partial charge in [-0.2, -0.15) is 0 Å². The molecule has 3 heterocycles. The number of fused-ring (bicyclic) bond motifs is 2. The molecule has 0 radical (unpaired) electrons. The number of H-pyrrole nitrogens is 2. The smallest absolute Gasteiger partial charge is 0.268 e. The van der Waals surface area contributed by atoms with Crippen LogP contribution in [0.25, 0.3) is 11.0 Å². The number of carbonyl (C=O) groups is 2. The topological polar surface area (TPSA) is 103 Å². The van der Waals surface area contributed by atoms with Crippen molar-refractivity contribution in [2.24, 2.45) is 5.41 Å². The number of ether oxygens (including phenoxy) is 1. The zero-order valence-corrected chi connectivity index (χ0v) is 23.9. The Morgan fingerprint density at radius 3 is 2.74 bits per heavy atom. The number of piperidine rings is 1. The van der Waals surface area contributed by atoms with E-state index in [0.717, 1.165) is 79.2 Å². The second kappa shape index (κ2) is 11.5. The summed E-state index contributed by atoms with van der Waals surface area (Å²) in [6.45, 7) is 12.1. The fraction of sp³-hybridized carbons (Fsp3) is 0.581. The van der Waals surface area contributed by atoms with Gasteiger partial charge in [0, 0.05) is 30.3 Å². The molecule has 5 rings (SSSR count). The van der Waals surface area contributed by atoms with Crippen molar-refractivity contribution in [2.45, 2.75) is 85.1 Å². The van der Waals surface area contributed by atoms with Crippen LogP contribution in [0.2, 0.25) is 0 Å². The third-order valence-electron chi connectivity index (χ3n) is 8.21. The van der Waals surface area contributed by atoms with Crippen LogP contribution in [0.1, 0.15) is 110 Å². The standard InChI is InChI=1S/C31H43N5O3/c1-5-6-10-23(35-30(38)28-20(2)27-25(32-28)18-31(3,4)19-26(27)37)29-33-22-12-11-21(17-24(22)34-29)39-16-15-36-13-8-7-9-14-36/h11-12,17,23,32H,5-10,13-16,18-19H2,1-4H3,(H,33,34)(H,35,38)/t23-/m0/s1. The number of ketones is 1. The molecule has 1 aromatic carbocycles. The maximum atomic E-state index is 13.5. The van der Waals surface area contributed by atoms with Crippen LogP contribution in [-0.2, 0) is 6.42 Å². The lowest BCUT2D eigenvalue weighted by atomic mass is 9.75. The van der Waals surface area contributed by atoms with Crippen LogP contribution in [0.4, 0.5) is 0 Å². The van der Waals surface area contributed by atoms with Crippen molar-refractivity contribution in [2.75, 3.05) is 26.2 Å². The van der Waals surface area contributed by atoms with E-state index in [4.69, 9.17) is 9.72 Å². The third kappa shape index (κ3) is 6.21. The first-order valence-electron chi connectivity index (χ1n) is 14.6. The van der Waals surface area contributed by atoms with Gasteiger partial charge < -0.3 is 20.0 Å². The lowest BCUT2D eigenvalue weighted by Crippen LogP contribution is -2.33. The summed E-state index contributed by atoms with van der Waals surface area (Å²) in [5, 5.41) is 3.20. The van der Waals surface area contributed by atoms with Crippen molar-refractivity contribution >= 4 is 22.7 Å². The Morgan fingerprint density at radius 1 is 1.18 bits per heavy atom. The first kappa shape index (κ1) is 27.4. The predicted molar refractivity (Wildman–Crippen MR) is 154 cm³/mol. The van der Waals surface area contributed by atoms with Gasteiger partial charge in [0.15, 0.2) is 5.78 Å². The Bertz CT molecular complexity index is 1330. The summed E-state index contributed by atoms with van der Waals surface area (Å²) in [7, 11) is 0. The monoisotopic (exact) mass is 533 g/mol. The molecular weight excluding hydrogens is 490 g/mol. The van der Waals surface area contributed by atoms with Crippen molar-refractivity contribution < 1.29 is 14.3 Å². The number of hydrogen-bond donors (Lipinski definition) is 3. The van der Waals surface area contributed by atoms with Gasteiger partial charge in [-0.1, -0.05) is 40.0 Å². The molecule has 2 aliphatic rings. The lowest BCUT2D eigenvalue weighted by Gasteiger charge is -2.28. The highest BCUT2D eigenvalue weighted by Gasteiger charge is 2.35. The highest BCUT2D eigenvalue weighted by molar-refractivity contribution is 6.04. The van der Waals surface area contributed by atoms with E-state index >= 15 is 0 Å². The van der Waals surface area contributed by atoms with E-state index in [9.17, 15) is 9.59 Å². The van der Waals surface area contributed by atoms with E-state index in [1.165, 1.54) is 19.3 Å². The summed E-state index contributed by atoms with van der Waals surface area (Å²) < 4.78 is 6.06. The molecule has 1 amide bonds. The second-order valence-corrected chi connectivity index (χ2v) is 12.1. The number of unbranched alkanes of at least 4 members (excludes halogenated alkanes) is 1. The van der Waals surface area contributed by atoms with E-state index in [-0.39, 0.29) is 23.1 Å². The van der Waals surface area contributed by atoms with Crippen LogP contribution in [0, 0.1) is 12.3 Å². The van der Waals surface area contributed by atoms with Crippen LogP contribution in [0.5, 0.6) is 5.75 Å². The SMILES string of the molecule is CCCC[C@H](NC(=O)c1[nH]c2c(c1C)C(=O)CC(C)(C)C2)c1nc2ccc(OCCN3CCCCC3)cc2[nH]1. The Hall–Kier alpha value is -3.13. The van der Waals surface area contributed by atoms with E-state index in [1.54, 1.807) is 0 Å². The number of likely N-dealkylation sites (tertiary alicyclic amines) is 1. The van der Waals surface area contributed by atoms with Gasteiger partial charge in [0.1, 0.15) is 23.9 Å². The zero-order chi connectivity index (χ0) is 27.6. The van der Waals surface area contributed by atoms with E-state index in [0.29, 0.717) is 24.3 Å². The largest absolute Gasteiger partial charge is 0.492 e. The van der Waals surface area contributed by atoms with Gasteiger partial charge in [-0.25, -0.2) is 4.98 Å². The van der Waals surface area contributed by atoms with Crippen LogP contribution >= 0.6 is 0 Å². The van der Waals surface area contributed by atoms with Gasteiger partial charge in [0.25, 0.3) is 5.91 Å². The molecule has 3 N–H and O–H groups in total. The Morgan fingerprint density at radius 2 is 1.97 bits per heavy atom. The number of benzene rings is 1. The van der Waals surface area contributed by atoms with Crippen molar-refractivity contribution in [3.63, 3.8) is 0 Å². The molecule has 1 fully saturated rings. The molecule has 0 saturated carbocycles. The van der Waals surface area contributed by atoms with Crippen LogP contribution in [0.15, 0.2) is 18.2 Å². The summed E-state index contributed by atoms with van der Waals surface area (Å²) in [4.78, 5) is 40.4. The fourth-order valence-corrected chi connectivity index (χ4v) is 6.11. The Kier molecular flexibility index (Phi) is 8.12. The fourth-order valence-electron chi connectivity index (χ4n) is 6.11. The highest BCUT2D eigenvalue weighted by atomic mass is 16.5. The molecule has 8 heteroatoms. The van der Waals surface area contributed by atoms with Gasteiger partial charge in [-0.05, 0) is 68.8 Å². The lowest BCUT2D eigenvalue weighted by molar-refractivity contribution is 0.0908. The van der Waals surface area contributed by atoms with E-state index in [2.05, 4.69) is 41.0 Å². The first-order chi connectivity index (χ1) is 18.7. The maximum Gasteiger partial charge on any atom is 0.268 e. The third-order valence-corrected chi connectivity index (χ3v) is 8.21. The average molecular weight is 534 g/mol. The maximum absolute atomic E-state index is 13.5. The van der Waals surface area contributed by atoms with Crippen molar-refractivity contribution in [3.05, 3.63) is 46.5 Å². The number of imidazole rings is 1. The zero-order valence-electron chi connectivity index (χ0n) is 23.9. The quantitative estimate of drug-likeness (QED) is 0.302. The molecule has 1 saturated heterocycles. The first-order valence-corrected chi connectivity index (χ1v) is 14.6. The van der Waals surface area contributed by atoms with Crippen molar-refractivity contribution in [1.29, 1.82) is 0 Å². The number of aromatic nitrogens is 3. The van der Waals surface area contributed by atoms with Crippen molar-refractivity contribution in [1.82, 2.24) is 25.2 Å².